The van der Waals surface area contributed by atoms with Crippen LogP contribution in [0.5, 0.6) is 0 Å². The van der Waals surface area contributed by atoms with Crippen molar-refractivity contribution in [2.75, 3.05) is 6.54 Å². The Morgan fingerprint density at radius 1 is 1.38 bits per heavy atom. The van der Waals surface area contributed by atoms with Gasteiger partial charge >= 0.3 is 0 Å². The van der Waals surface area contributed by atoms with Crippen LogP contribution in [0.2, 0.25) is 0 Å². The van der Waals surface area contributed by atoms with Gasteiger partial charge in [0.1, 0.15) is 5.82 Å². The van der Waals surface area contributed by atoms with Gasteiger partial charge in [-0.05, 0) is 11.1 Å². The predicted octanol–water partition coefficient (Wildman–Crippen LogP) is 1.66. The maximum atomic E-state index is 4.46. The van der Waals surface area contributed by atoms with Gasteiger partial charge in [-0.15, -0.1) is 0 Å². The van der Waals surface area contributed by atoms with E-state index in [9.17, 15) is 0 Å². The third-order valence-corrected chi connectivity index (χ3v) is 3.26. The number of aryl methyl sites for hydroxylation is 1. The predicted molar refractivity (Wildman–Crippen MR) is 63.2 cm³/mol. The number of benzene rings is 1. The van der Waals surface area contributed by atoms with Crippen LogP contribution in [0.4, 0.5) is 0 Å². The first kappa shape index (κ1) is 9.60. The highest BCUT2D eigenvalue weighted by Crippen LogP contribution is 2.28. The summed E-state index contributed by atoms with van der Waals surface area (Å²) >= 11 is 0. The van der Waals surface area contributed by atoms with Crippen molar-refractivity contribution in [2.24, 2.45) is 7.05 Å². The Bertz CT molecular complexity index is 501. The first-order valence-corrected chi connectivity index (χ1v) is 5.62. The minimum absolute atomic E-state index is 0.380. The van der Waals surface area contributed by atoms with E-state index < -0.39 is 0 Å². The van der Waals surface area contributed by atoms with Crippen LogP contribution in [-0.4, -0.2) is 16.1 Å². The average Bonchev–Trinajstić information content (AvgIpc) is 2.75. The second-order valence-corrected chi connectivity index (χ2v) is 4.28. The molecule has 3 heteroatoms. The molecule has 1 aliphatic rings. The molecule has 1 atom stereocenters. The van der Waals surface area contributed by atoms with Crippen molar-refractivity contribution in [3.05, 3.63) is 53.6 Å². The van der Waals surface area contributed by atoms with Gasteiger partial charge in [0.25, 0.3) is 0 Å². The van der Waals surface area contributed by atoms with Crippen LogP contribution in [0.3, 0.4) is 0 Å². The Morgan fingerprint density at radius 2 is 2.25 bits per heavy atom. The number of nitrogens with one attached hydrogen (secondary N) is 1. The lowest BCUT2D eigenvalue weighted by Gasteiger charge is -2.25. The van der Waals surface area contributed by atoms with Crippen LogP contribution in [0.1, 0.15) is 22.9 Å². The summed E-state index contributed by atoms with van der Waals surface area (Å²) in [5, 5.41) is 3.45. The first-order chi connectivity index (χ1) is 7.86. The van der Waals surface area contributed by atoms with Crippen molar-refractivity contribution in [3.8, 4) is 0 Å². The monoisotopic (exact) mass is 213 g/mol. The van der Waals surface area contributed by atoms with Crippen molar-refractivity contribution >= 4 is 0 Å². The fourth-order valence-electron chi connectivity index (χ4n) is 2.44. The normalized spacial score (nSPS) is 19.4. The molecular weight excluding hydrogens is 198 g/mol. The maximum Gasteiger partial charge on any atom is 0.117 e. The van der Waals surface area contributed by atoms with Gasteiger partial charge in [0.15, 0.2) is 0 Å². The second kappa shape index (κ2) is 3.76. The average molecular weight is 213 g/mol. The van der Waals surface area contributed by atoms with E-state index in [1.807, 2.05) is 12.4 Å². The molecule has 16 heavy (non-hydrogen) atoms. The molecule has 0 amide bonds. The number of rotatable bonds is 1. The molecule has 2 heterocycles. The summed E-state index contributed by atoms with van der Waals surface area (Å²) in [6.45, 7) is 1.94. The molecule has 0 saturated heterocycles. The fraction of sp³-hybridized carbons (Fsp3) is 0.308. The summed E-state index contributed by atoms with van der Waals surface area (Å²) < 4.78 is 2.11. The van der Waals surface area contributed by atoms with Crippen LogP contribution in [0.15, 0.2) is 36.7 Å². The van der Waals surface area contributed by atoms with E-state index in [4.69, 9.17) is 0 Å². The van der Waals surface area contributed by atoms with Gasteiger partial charge < -0.3 is 9.88 Å². The van der Waals surface area contributed by atoms with E-state index in [-0.39, 0.29) is 0 Å². The molecule has 1 aromatic heterocycles. The zero-order valence-corrected chi connectivity index (χ0v) is 9.35. The van der Waals surface area contributed by atoms with E-state index in [1.165, 1.54) is 11.1 Å². The Hall–Kier alpha value is -1.61. The van der Waals surface area contributed by atoms with Gasteiger partial charge in [0.2, 0.25) is 0 Å². The summed E-state index contributed by atoms with van der Waals surface area (Å²) in [5.41, 5.74) is 2.80. The summed E-state index contributed by atoms with van der Waals surface area (Å²) in [7, 11) is 2.06. The van der Waals surface area contributed by atoms with Gasteiger partial charge in [-0.2, -0.15) is 0 Å². The summed E-state index contributed by atoms with van der Waals surface area (Å²) in [5.74, 6) is 1.52. The molecule has 0 bridgehead atoms. The quantitative estimate of drug-likeness (QED) is 0.780. The van der Waals surface area contributed by atoms with Gasteiger partial charge in [0, 0.05) is 32.5 Å². The van der Waals surface area contributed by atoms with Crippen LogP contribution >= 0.6 is 0 Å². The lowest BCUT2D eigenvalue weighted by molar-refractivity contribution is 0.559. The lowest BCUT2D eigenvalue weighted by Crippen LogP contribution is -2.30. The fourth-order valence-corrected chi connectivity index (χ4v) is 2.44. The standard InChI is InChI=1S/C13H15N3/c1-16-7-6-15-13(16)12-9-14-8-10-4-2-3-5-11(10)12/h2-7,12,14H,8-9H2,1H3. The first-order valence-electron chi connectivity index (χ1n) is 5.62. The van der Waals surface area contributed by atoms with E-state index in [1.54, 1.807) is 0 Å². The van der Waals surface area contributed by atoms with Gasteiger partial charge in [-0.3, -0.25) is 0 Å². The van der Waals surface area contributed by atoms with Crippen molar-refractivity contribution in [1.29, 1.82) is 0 Å². The van der Waals surface area contributed by atoms with Gasteiger partial charge in [-0.25, -0.2) is 4.98 Å². The number of imidazole rings is 1. The van der Waals surface area contributed by atoms with Gasteiger partial charge in [-0.1, -0.05) is 24.3 Å². The van der Waals surface area contributed by atoms with Crippen LogP contribution in [0.25, 0.3) is 0 Å². The zero-order valence-electron chi connectivity index (χ0n) is 9.35. The lowest BCUT2D eigenvalue weighted by atomic mass is 9.90. The SMILES string of the molecule is Cn1ccnc1C1CNCc2ccccc21. The van der Waals surface area contributed by atoms with Crippen molar-refractivity contribution < 1.29 is 0 Å². The number of fused-ring (bicyclic) bond motifs is 1. The highest BCUT2D eigenvalue weighted by Gasteiger charge is 2.23. The van der Waals surface area contributed by atoms with E-state index in [0.717, 1.165) is 18.9 Å². The number of aromatic nitrogens is 2. The van der Waals surface area contributed by atoms with E-state index >= 15 is 0 Å². The number of hydrogen-bond acceptors (Lipinski definition) is 2. The molecule has 3 nitrogen and oxygen atoms in total. The zero-order chi connectivity index (χ0) is 11.0. The van der Waals surface area contributed by atoms with E-state index in [2.05, 4.69) is 46.2 Å². The maximum absolute atomic E-state index is 4.46. The molecule has 82 valence electrons. The van der Waals surface area contributed by atoms with Gasteiger partial charge in [0.05, 0.1) is 5.92 Å². The van der Waals surface area contributed by atoms with Crippen molar-refractivity contribution in [3.63, 3.8) is 0 Å². The largest absolute Gasteiger partial charge is 0.337 e. The molecule has 1 N–H and O–H groups in total. The molecule has 2 aromatic rings. The molecule has 0 aliphatic carbocycles. The summed E-state index contributed by atoms with van der Waals surface area (Å²) in [6.07, 6.45) is 3.87. The Labute approximate surface area is 95.1 Å². The van der Waals surface area contributed by atoms with Crippen LogP contribution in [0, 0.1) is 0 Å². The Kier molecular flexibility index (Phi) is 2.26. The van der Waals surface area contributed by atoms with Crippen LogP contribution < -0.4 is 5.32 Å². The Morgan fingerprint density at radius 3 is 3.06 bits per heavy atom. The smallest absolute Gasteiger partial charge is 0.117 e. The Balaban J connectivity index is 2.08. The molecule has 3 rings (SSSR count). The third-order valence-electron chi connectivity index (χ3n) is 3.26. The second-order valence-electron chi connectivity index (χ2n) is 4.28. The molecule has 0 radical (unpaired) electrons. The molecule has 1 aliphatic heterocycles. The molecular formula is C13H15N3. The topological polar surface area (TPSA) is 29.9 Å². The highest BCUT2D eigenvalue weighted by molar-refractivity contribution is 5.36. The molecule has 0 saturated carbocycles. The highest BCUT2D eigenvalue weighted by atomic mass is 15.0. The molecule has 1 aromatic carbocycles. The van der Waals surface area contributed by atoms with E-state index in [0.29, 0.717) is 5.92 Å². The summed E-state index contributed by atoms with van der Waals surface area (Å²) in [4.78, 5) is 4.46. The van der Waals surface area contributed by atoms with Crippen molar-refractivity contribution in [2.45, 2.75) is 12.5 Å². The van der Waals surface area contributed by atoms with Crippen LogP contribution in [-0.2, 0) is 13.6 Å². The van der Waals surface area contributed by atoms with Crippen molar-refractivity contribution in [1.82, 2.24) is 14.9 Å². The minimum Gasteiger partial charge on any atom is -0.337 e. The number of hydrogen-bond donors (Lipinski definition) is 1. The minimum atomic E-state index is 0.380. The molecule has 0 fully saturated rings. The molecule has 1 unspecified atom stereocenters. The summed E-state index contributed by atoms with van der Waals surface area (Å²) in [6, 6.07) is 8.62. The third kappa shape index (κ3) is 1.44. The number of nitrogens with zero attached hydrogens (tertiary/aromatic N) is 2. The molecule has 0 spiro atoms.